The van der Waals surface area contributed by atoms with Crippen molar-refractivity contribution in [3.8, 4) is 10.6 Å². The van der Waals surface area contributed by atoms with Gasteiger partial charge in [-0.05, 0) is 37.1 Å². The fourth-order valence-corrected chi connectivity index (χ4v) is 3.68. The molecule has 1 aromatic carbocycles. The summed E-state index contributed by atoms with van der Waals surface area (Å²) in [6, 6.07) is 10.1. The van der Waals surface area contributed by atoms with Crippen LogP contribution in [0.1, 0.15) is 28.2 Å². The van der Waals surface area contributed by atoms with Gasteiger partial charge in [-0.2, -0.15) is 0 Å². The van der Waals surface area contributed by atoms with Crippen LogP contribution in [0.5, 0.6) is 0 Å². The SMILES string of the molecule is O=C1CCCc2nc(-c3ccc4ncccc4c3)sc21. The van der Waals surface area contributed by atoms with Crippen molar-refractivity contribution in [2.45, 2.75) is 19.3 Å². The first-order valence-electron chi connectivity index (χ1n) is 6.69. The van der Waals surface area contributed by atoms with Crippen molar-refractivity contribution in [3.63, 3.8) is 0 Å². The van der Waals surface area contributed by atoms with Crippen LogP contribution in [-0.2, 0) is 6.42 Å². The Morgan fingerprint density at radius 3 is 3.00 bits per heavy atom. The van der Waals surface area contributed by atoms with E-state index in [-0.39, 0.29) is 5.78 Å². The Labute approximate surface area is 120 Å². The number of thiazole rings is 1. The average Bonchev–Trinajstić information content (AvgIpc) is 2.92. The monoisotopic (exact) mass is 280 g/mol. The molecule has 0 atom stereocenters. The molecule has 0 N–H and O–H groups in total. The Hall–Kier alpha value is -2.07. The van der Waals surface area contributed by atoms with Crippen LogP contribution in [0.4, 0.5) is 0 Å². The fraction of sp³-hybridized carbons (Fsp3) is 0.188. The van der Waals surface area contributed by atoms with Gasteiger partial charge in [0.15, 0.2) is 5.78 Å². The number of carbonyl (C=O) groups excluding carboxylic acids is 1. The zero-order valence-electron chi connectivity index (χ0n) is 10.8. The highest BCUT2D eigenvalue weighted by Gasteiger charge is 2.22. The number of fused-ring (bicyclic) bond motifs is 2. The first-order valence-corrected chi connectivity index (χ1v) is 7.51. The molecule has 1 aliphatic rings. The fourth-order valence-electron chi connectivity index (χ4n) is 2.60. The number of benzene rings is 1. The molecule has 98 valence electrons. The van der Waals surface area contributed by atoms with E-state index in [4.69, 9.17) is 0 Å². The molecule has 3 nitrogen and oxygen atoms in total. The Morgan fingerprint density at radius 1 is 1.15 bits per heavy atom. The van der Waals surface area contributed by atoms with E-state index in [2.05, 4.69) is 16.0 Å². The predicted molar refractivity (Wildman–Crippen MR) is 80.1 cm³/mol. The largest absolute Gasteiger partial charge is 0.293 e. The number of aryl methyl sites for hydroxylation is 1. The molecule has 1 aliphatic carbocycles. The summed E-state index contributed by atoms with van der Waals surface area (Å²) in [6.07, 6.45) is 4.31. The summed E-state index contributed by atoms with van der Waals surface area (Å²) >= 11 is 1.52. The first kappa shape index (κ1) is 11.7. The molecule has 4 rings (SSSR count). The smallest absolute Gasteiger partial charge is 0.174 e. The van der Waals surface area contributed by atoms with Gasteiger partial charge in [-0.25, -0.2) is 4.98 Å². The van der Waals surface area contributed by atoms with Crippen LogP contribution in [0.3, 0.4) is 0 Å². The summed E-state index contributed by atoms with van der Waals surface area (Å²) in [5, 5.41) is 2.04. The lowest BCUT2D eigenvalue weighted by Crippen LogP contribution is -2.07. The standard InChI is InChI=1S/C16H12N2OS/c19-14-5-1-4-13-15(14)20-16(18-13)11-6-7-12-10(9-11)3-2-8-17-12/h2-3,6-9H,1,4-5H2. The second-order valence-corrected chi connectivity index (χ2v) is 5.98. The molecular formula is C16H12N2OS. The molecule has 0 bridgehead atoms. The van der Waals surface area contributed by atoms with Gasteiger partial charge in [-0.3, -0.25) is 9.78 Å². The van der Waals surface area contributed by atoms with E-state index in [0.717, 1.165) is 44.9 Å². The number of pyridine rings is 1. The van der Waals surface area contributed by atoms with Crippen molar-refractivity contribution in [1.82, 2.24) is 9.97 Å². The van der Waals surface area contributed by atoms with Gasteiger partial charge in [0.1, 0.15) is 5.01 Å². The number of carbonyl (C=O) groups is 1. The highest BCUT2D eigenvalue weighted by Crippen LogP contribution is 2.33. The van der Waals surface area contributed by atoms with E-state index in [9.17, 15) is 4.79 Å². The summed E-state index contributed by atoms with van der Waals surface area (Å²) in [5.74, 6) is 0.248. The van der Waals surface area contributed by atoms with E-state index in [1.54, 1.807) is 6.20 Å². The minimum Gasteiger partial charge on any atom is -0.293 e. The maximum atomic E-state index is 11.9. The molecule has 20 heavy (non-hydrogen) atoms. The molecule has 0 amide bonds. The molecule has 0 saturated heterocycles. The average molecular weight is 280 g/mol. The van der Waals surface area contributed by atoms with Gasteiger partial charge in [-0.1, -0.05) is 6.07 Å². The molecule has 0 radical (unpaired) electrons. The van der Waals surface area contributed by atoms with Crippen molar-refractivity contribution >= 4 is 28.0 Å². The lowest BCUT2D eigenvalue weighted by atomic mass is 10.0. The molecule has 0 aliphatic heterocycles. The molecule has 3 aromatic rings. The summed E-state index contributed by atoms with van der Waals surface area (Å²) in [6.45, 7) is 0. The topological polar surface area (TPSA) is 42.9 Å². The van der Waals surface area contributed by atoms with Crippen molar-refractivity contribution in [2.24, 2.45) is 0 Å². The van der Waals surface area contributed by atoms with E-state index in [0.29, 0.717) is 6.42 Å². The quantitative estimate of drug-likeness (QED) is 0.679. The van der Waals surface area contributed by atoms with Crippen molar-refractivity contribution in [3.05, 3.63) is 47.1 Å². The van der Waals surface area contributed by atoms with E-state index in [1.165, 1.54) is 11.3 Å². The number of Topliss-reactive ketones (excluding diaryl/α,β-unsaturated/α-hetero) is 1. The number of hydrogen-bond donors (Lipinski definition) is 0. The Balaban J connectivity index is 1.85. The zero-order valence-corrected chi connectivity index (χ0v) is 11.6. The number of aromatic nitrogens is 2. The van der Waals surface area contributed by atoms with Crippen LogP contribution in [0.2, 0.25) is 0 Å². The van der Waals surface area contributed by atoms with Crippen LogP contribution in [0, 0.1) is 0 Å². The Morgan fingerprint density at radius 2 is 2.10 bits per heavy atom. The molecule has 0 unspecified atom stereocenters. The van der Waals surface area contributed by atoms with Crippen molar-refractivity contribution in [1.29, 1.82) is 0 Å². The maximum absolute atomic E-state index is 11.9. The van der Waals surface area contributed by atoms with E-state index in [1.807, 2.05) is 24.3 Å². The summed E-state index contributed by atoms with van der Waals surface area (Å²) in [5.41, 5.74) is 3.03. The van der Waals surface area contributed by atoms with Gasteiger partial charge in [0.05, 0.1) is 16.1 Å². The van der Waals surface area contributed by atoms with Gasteiger partial charge in [0, 0.05) is 23.6 Å². The first-order chi connectivity index (χ1) is 9.81. The number of ketones is 1. The lowest BCUT2D eigenvalue weighted by Gasteiger charge is -2.06. The third kappa shape index (κ3) is 1.84. The minimum absolute atomic E-state index is 0.248. The molecule has 0 saturated carbocycles. The van der Waals surface area contributed by atoms with Gasteiger partial charge < -0.3 is 0 Å². The van der Waals surface area contributed by atoms with Crippen LogP contribution in [-0.4, -0.2) is 15.8 Å². The highest BCUT2D eigenvalue weighted by atomic mass is 32.1. The zero-order chi connectivity index (χ0) is 13.5. The van der Waals surface area contributed by atoms with Gasteiger partial charge >= 0.3 is 0 Å². The van der Waals surface area contributed by atoms with Gasteiger partial charge in [-0.15, -0.1) is 11.3 Å². The number of hydrogen-bond acceptors (Lipinski definition) is 4. The number of nitrogens with zero attached hydrogens (tertiary/aromatic N) is 2. The Bertz CT molecular complexity index is 822. The van der Waals surface area contributed by atoms with Crippen LogP contribution < -0.4 is 0 Å². The summed E-state index contributed by atoms with van der Waals surface area (Å²) in [7, 11) is 0. The highest BCUT2D eigenvalue weighted by molar-refractivity contribution is 7.17. The second kappa shape index (κ2) is 4.49. The normalized spacial score (nSPS) is 14.5. The molecule has 0 spiro atoms. The van der Waals surface area contributed by atoms with E-state index < -0.39 is 0 Å². The molecule has 2 heterocycles. The van der Waals surface area contributed by atoms with E-state index >= 15 is 0 Å². The van der Waals surface area contributed by atoms with Gasteiger partial charge in [0.2, 0.25) is 0 Å². The van der Waals surface area contributed by atoms with Crippen LogP contribution >= 0.6 is 11.3 Å². The third-order valence-corrected chi connectivity index (χ3v) is 4.81. The minimum atomic E-state index is 0.248. The number of rotatable bonds is 1. The summed E-state index contributed by atoms with van der Waals surface area (Å²) < 4.78 is 0. The summed E-state index contributed by atoms with van der Waals surface area (Å²) in [4.78, 5) is 21.7. The van der Waals surface area contributed by atoms with Crippen molar-refractivity contribution < 1.29 is 4.79 Å². The molecule has 2 aromatic heterocycles. The van der Waals surface area contributed by atoms with Crippen LogP contribution in [0.25, 0.3) is 21.5 Å². The van der Waals surface area contributed by atoms with Gasteiger partial charge in [0.25, 0.3) is 0 Å². The molecule has 4 heteroatoms. The Kier molecular flexibility index (Phi) is 2.63. The molecule has 0 fully saturated rings. The third-order valence-electron chi connectivity index (χ3n) is 3.62. The maximum Gasteiger partial charge on any atom is 0.174 e. The molecular weight excluding hydrogens is 268 g/mol. The predicted octanol–water partition coefficient (Wildman–Crippen LogP) is 3.88. The van der Waals surface area contributed by atoms with Crippen molar-refractivity contribution in [2.75, 3.05) is 0 Å². The second-order valence-electron chi connectivity index (χ2n) is 4.98. The lowest BCUT2D eigenvalue weighted by molar-refractivity contribution is 0.0976. The van der Waals surface area contributed by atoms with Crippen LogP contribution in [0.15, 0.2) is 36.5 Å².